The van der Waals surface area contributed by atoms with Crippen LogP contribution in [0.2, 0.25) is 0 Å². The molecule has 0 saturated heterocycles. The molecule has 1 fully saturated rings. The van der Waals surface area contributed by atoms with E-state index >= 15 is 0 Å². The van der Waals surface area contributed by atoms with Gasteiger partial charge in [-0.25, -0.2) is 9.78 Å². The fourth-order valence-corrected chi connectivity index (χ4v) is 1.54. The molecular weight excluding hydrogens is 166 g/mol. The van der Waals surface area contributed by atoms with Crippen molar-refractivity contribution in [1.29, 1.82) is 0 Å². The van der Waals surface area contributed by atoms with Gasteiger partial charge in [0.1, 0.15) is 5.69 Å². The largest absolute Gasteiger partial charge is 0.477 e. The van der Waals surface area contributed by atoms with Crippen molar-refractivity contribution in [2.45, 2.75) is 19.3 Å². The summed E-state index contributed by atoms with van der Waals surface area (Å²) in [7, 11) is 0. The highest BCUT2D eigenvalue weighted by Crippen LogP contribution is 2.46. The van der Waals surface area contributed by atoms with Gasteiger partial charge in [0, 0.05) is 6.20 Å². The molecule has 0 aromatic carbocycles. The predicted octanol–water partition coefficient (Wildman–Crippen LogP) is 1.90. The van der Waals surface area contributed by atoms with E-state index in [0.717, 1.165) is 11.5 Å². The van der Waals surface area contributed by atoms with Gasteiger partial charge in [-0.15, -0.1) is 0 Å². The number of hydrogen-bond donors (Lipinski definition) is 1. The van der Waals surface area contributed by atoms with E-state index in [2.05, 4.69) is 11.9 Å². The van der Waals surface area contributed by atoms with E-state index in [-0.39, 0.29) is 5.69 Å². The zero-order valence-corrected chi connectivity index (χ0v) is 7.40. The number of aromatic carboxylic acids is 1. The Morgan fingerprint density at radius 2 is 2.31 bits per heavy atom. The molecular formula is C10H11NO2. The molecule has 2 atom stereocenters. The molecule has 2 rings (SSSR count). The summed E-state index contributed by atoms with van der Waals surface area (Å²) in [5.74, 6) is 0.378. The van der Waals surface area contributed by atoms with Crippen molar-refractivity contribution in [3.63, 3.8) is 0 Å². The minimum Gasteiger partial charge on any atom is -0.477 e. The van der Waals surface area contributed by atoms with Gasteiger partial charge < -0.3 is 5.11 Å². The molecule has 0 aliphatic heterocycles. The molecule has 1 aromatic heterocycles. The van der Waals surface area contributed by atoms with Crippen molar-refractivity contribution < 1.29 is 9.90 Å². The molecule has 1 aliphatic rings. The maximum Gasteiger partial charge on any atom is 0.354 e. The number of aromatic nitrogens is 1. The van der Waals surface area contributed by atoms with Gasteiger partial charge in [-0.2, -0.15) is 0 Å². The molecule has 3 nitrogen and oxygen atoms in total. The summed E-state index contributed by atoms with van der Waals surface area (Å²) in [6, 6.07) is 3.44. The minimum absolute atomic E-state index is 0.122. The molecule has 0 radical (unpaired) electrons. The smallest absolute Gasteiger partial charge is 0.354 e. The second-order valence-electron chi connectivity index (χ2n) is 3.60. The molecule has 13 heavy (non-hydrogen) atoms. The summed E-state index contributed by atoms with van der Waals surface area (Å²) >= 11 is 0. The maximum atomic E-state index is 10.5. The number of carbonyl (C=O) groups is 1. The second kappa shape index (κ2) is 2.83. The van der Waals surface area contributed by atoms with Crippen molar-refractivity contribution >= 4 is 5.97 Å². The molecule has 0 bridgehead atoms. The lowest BCUT2D eigenvalue weighted by molar-refractivity contribution is 0.0690. The Bertz CT molecular complexity index is 331. The Balaban J connectivity index is 2.19. The molecule has 3 heteroatoms. The first-order valence-corrected chi connectivity index (χ1v) is 4.37. The predicted molar refractivity (Wildman–Crippen MR) is 47.7 cm³/mol. The topological polar surface area (TPSA) is 50.2 Å². The Kier molecular flexibility index (Phi) is 1.79. The molecule has 68 valence electrons. The van der Waals surface area contributed by atoms with Crippen molar-refractivity contribution in [3.8, 4) is 0 Å². The molecule has 2 unspecified atom stereocenters. The van der Waals surface area contributed by atoms with E-state index in [1.165, 1.54) is 6.42 Å². The van der Waals surface area contributed by atoms with Crippen LogP contribution in [0.25, 0.3) is 0 Å². The Hall–Kier alpha value is -1.38. The highest BCUT2D eigenvalue weighted by Gasteiger charge is 2.34. The van der Waals surface area contributed by atoms with Crippen molar-refractivity contribution in [2.75, 3.05) is 0 Å². The van der Waals surface area contributed by atoms with Gasteiger partial charge in [0.2, 0.25) is 0 Å². The summed E-state index contributed by atoms with van der Waals surface area (Å²) in [6.45, 7) is 2.19. The second-order valence-corrected chi connectivity index (χ2v) is 3.60. The van der Waals surface area contributed by atoms with E-state index in [9.17, 15) is 4.79 Å². The number of hydrogen-bond acceptors (Lipinski definition) is 2. The molecule has 0 amide bonds. The first-order valence-electron chi connectivity index (χ1n) is 4.37. The lowest BCUT2D eigenvalue weighted by Gasteiger charge is -1.97. The Labute approximate surface area is 76.4 Å². The summed E-state index contributed by atoms with van der Waals surface area (Å²) in [6.07, 6.45) is 2.88. The van der Waals surface area contributed by atoms with Gasteiger partial charge in [0.15, 0.2) is 0 Å². The zero-order valence-electron chi connectivity index (χ0n) is 7.40. The van der Waals surface area contributed by atoms with Crippen molar-refractivity contribution in [1.82, 2.24) is 4.98 Å². The van der Waals surface area contributed by atoms with Crippen LogP contribution in [-0.2, 0) is 0 Å². The van der Waals surface area contributed by atoms with Gasteiger partial charge >= 0.3 is 5.97 Å². The van der Waals surface area contributed by atoms with E-state index in [4.69, 9.17) is 5.11 Å². The van der Waals surface area contributed by atoms with Crippen LogP contribution in [0, 0.1) is 5.92 Å². The van der Waals surface area contributed by atoms with Crippen LogP contribution in [0.15, 0.2) is 18.3 Å². The third-order valence-corrected chi connectivity index (χ3v) is 2.54. The van der Waals surface area contributed by atoms with Gasteiger partial charge in [-0.1, -0.05) is 13.0 Å². The monoisotopic (exact) mass is 177 g/mol. The average Bonchev–Trinajstić information content (AvgIpc) is 2.83. The van der Waals surface area contributed by atoms with Crippen molar-refractivity contribution in [2.24, 2.45) is 5.92 Å². The van der Waals surface area contributed by atoms with Crippen LogP contribution >= 0.6 is 0 Å². The maximum absolute atomic E-state index is 10.5. The average molecular weight is 177 g/mol. The number of carboxylic acids is 1. The van der Waals surface area contributed by atoms with Crippen LogP contribution in [0.4, 0.5) is 0 Å². The third-order valence-electron chi connectivity index (χ3n) is 2.54. The first kappa shape index (κ1) is 8.23. The van der Waals surface area contributed by atoms with Crippen LogP contribution in [0.1, 0.15) is 35.3 Å². The van der Waals surface area contributed by atoms with Crippen LogP contribution in [0.5, 0.6) is 0 Å². The highest BCUT2D eigenvalue weighted by molar-refractivity contribution is 5.85. The fourth-order valence-electron chi connectivity index (χ4n) is 1.54. The third kappa shape index (κ3) is 1.54. The fraction of sp³-hybridized carbons (Fsp3) is 0.400. The quantitative estimate of drug-likeness (QED) is 0.750. The van der Waals surface area contributed by atoms with Crippen LogP contribution in [0.3, 0.4) is 0 Å². The lowest BCUT2D eigenvalue weighted by Crippen LogP contribution is -1.99. The van der Waals surface area contributed by atoms with E-state index < -0.39 is 5.97 Å². The van der Waals surface area contributed by atoms with Gasteiger partial charge in [-0.3, -0.25) is 0 Å². The van der Waals surface area contributed by atoms with Gasteiger partial charge in [-0.05, 0) is 29.9 Å². The summed E-state index contributed by atoms with van der Waals surface area (Å²) < 4.78 is 0. The molecule has 1 aliphatic carbocycles. The number of nitrogens with zero attached hydrogens (tertiary/aromatic N) is 1. The molecule has 1 heterocycles. The molecule has 1 aromatic rings. The van der Waals surface area contributed by atoms with Crippen molar-refractivity contribution in [3.05, 3.63) is 29.6 Å². The van der Waals surface area contributed by atoms with E-state index in [1.54, 1.807) is 12.3 Å². The first-order chi connectivity index (χ1) is 6.18. The van der Waals surface area contributed by atoms with Gasteiger partial charge in [0.05, 0.1) is 0 Å². The number of carboxylic acid groups (broad SMARTS) is 1. The number of pyridine rings is 1. The summed E-state index contributed by atoms with van der Waals surface area (Å²) in [5.41, 5.74) is 1.29. The molecule has 1 N–H and O–H groups in total. The number of rotatable bonds is 2. The minimum atomic E-state index is -0.963. The standard InChI is InChI=1S/C10H11NO2/c1-6-4-8(6)7-2-3-9(10(12)13)11-5-7/h2-3,5-6,8H,4H2,1H3,(H,12,13). The summed E-state index contributed by atoms with van der Waals surface area (Å²) in [5, 5.41) is 8.62. The van der Waals surface area contributed by atoms with E-state index in [0.29, 0.717) is 5.92 Å². The molecule has 0 spiro atoms. The Morgan fingerprint density at radius 1 is 1.62 bits per heavy atom. The molecule has 1 saturated carbocycles. The normalized spacial score (nSPS) is 25.6. The van der Waals surface area contributed by atoms with E-state index in [1.807, 2.05) is 6.07 Å². The lowest BCUT2D eigenvalue weighted by atomic mass is 10.1. The SMILES string of the molecule is CC1CC1c1ccc(C(=O)O)nc1. The highest BCUT2D eigenvalue weighted by atomic mass is 16.4. The van der Waals surface area contributed by atoms with Crippen LogP contribution in [-0.4, -0.2) is 16.1 Å². The van der Waals surface area contributed by atoms with Crippen LogP contribution < -0.4 is 0 Å². The van der Waals surface area contributed by atoms with Gasteiger partial charge in [0.25, 0.3) is 0 Å². The zero-order chi connectivity index (χ0) is 9.42. The Morgan fingerprint density at radius 3 is 2.69 bits per heavy atom. The summed E-state index contributed by atoms with van der Waals surface area (Å²) in [4.78, 5) is 14.4.